The number of fused-ring (bicyclic) bond motifs is 1. The van der Waals surface area contributed by atoms with E-state index in [2.05, 4.69) is 17.0 Å². The van der Waals surface area contributed by atoms with E-state index in [1.54, 1.807) is 11.3 Å². The molecule has 2 N–H and O–H groups in total. The molecule has 16 heavy (non-hydrogen) atoms. The average molecular weight is 238 g/mol. The van der Waals surface area contributed by atoms with Crippen LogP contribution in [0.2, 0.25) is 0 Å². The van der Waals surface area contributed by atoms with Crippen LogP contribution in [-0.4, -0.2) is 27.8 Å². The molecule has 86 valence electrons. The maximum Gasteiger partial charge on any atom is 0.241 e. The molecule has 0 spiro atoms. The van der Waals surface area contributed by atoms with Gasteiger partial charge < -0.3 is 10.5 Å². The summed E-state index contributed by atoms with van der Waals surface area (Å²) in [6.45, 7) is 3.80. The minimum absolute atomic E-state index is 0.361. The van der Waals surface area contributed by atoms with Gasteiger partial charge in [0.15, 0.2) is 0 Å². The Morgan fingerprint density at radius 2 is 2.19 bits per heavy atom. The first-order valence-electron chi connectivity index (χ1n) is 5.45. The van der Waals surface area contributed by atoms with Crippen LogP contribution in [0.4, 0.5) is 5.95 Å². The molecule has 2 aromatic rings. The summed E-state index contributed by atoms with van der Waals surface area (Å²) in [7, 11) is 0. The van der Waals surface area contributed by atoms with Gasteiger partial charge >= 0.3 is 0 Å². The van der Waals surface area contributed by atoms with Gasteiger partial charge in [-0.05, 0) is 19.8 Å². The molecule has 1 aliphatic rings. The lowest BCUT2D eigenvalue weighted by Gasteiger charge is -2.21. The average Bonchev–Trinajstić information content (AvgIpc) is 2.74. The van der Waals surface area contributed by atoms with Gasteiger partial charge in [-0.2, -0.15) is 4.98 Å². The van der Waals surface area contributed by atoms with E-state index in [4.69, 9.17) is 10.5 Å². The fourth-order valence-electron chi connectivity index (χ4n) is 2.31. The minimum atomic E-state index is 0.361. The zero-order valence-electron chi connectivity index (χ0n) is 9.14. The molecular formula is C10H14N4OS. The molecule has 6 heteroatoms. The van der Waals surface area contributed by atoms with Crippen molar-refractivity contribution in [3.8, 4) is 0 Å². The Morgan fingerprint density at radius 1 is 1.44 bits per heavy atom. The smallest absolute Gasteiger partial charge is 0.241 e. The Morgan fingerprint density at radius 3 is 2.94 bits per heavy atom. The van der Waals surface area contributed by atoms with E-state index in [9.17, 15) is 0 Å². The molecule has 2 aromatic heterocycles. The molecule has 0 atom stereocenters. The molecule has 0 bridgehead atoms. The molecular weight excluding hydrogens is 224 g/mol. The third-order valence-corrected chi connectivity index (χ3v) is 4.00. The largest absolute Gasteiger partial charge is 0.381 e. The molecule has 0 radical (unpaired) electrons. The van der Waals surface area contributed by atoms with Crippen molar-refractivity contribution in [3.05, 3.63) is 10.6 Å². The molecule has 1 saturated heterocycles. The summed E-state index contributed by atoms with van der Waals surface area (Å²) < 4.78 is 7.30. The molecule has 1 fully saturated rings. The quantitative estimate of drug-likeness (QED) is 0.819. The molecule has 0 saturated carbocycles. The van der Waals surface area contributed by atoms with Crippen molar-refractivity contribution in [2.24, 2.45) is 0 Å². The van der Waals surface area contributed by atoms with Gasteiger partial charge in [-0.1, -0.05) is 11.3 Å². The van der Waals surface area contributed by atoms with Crippen LogP contribution >= 0.6 is 11.3 Å². The normalized spacial score (nSPS) is 18.3. The van der Waals surface area contributed by atoms with E-state index in [1.807, 2.05) is 4.52 Å². The summed E-state index contributed by atoms with van der Waals surface area (Å²) in [4.78, 5) is 6.40. The summed E-state index contributed by atoms with van der Waals surface area (Å²) in [6.07, 6.45) is 2.12. The highest BCUT2D eigenvalue weighted by atomic mass is 32.1. The highest BCUT2D eigenvalue weighted by molar-refractivity contribution is 7.17. The van der Waals surface area contributed by atoms with Gasteiger partial charge in [0.25, 0.3) is 0 Å². The highest BCUT2D eigenvalue weighted by Crippen LogP contribution is 2.33. The van der Waals surface area contributed by atoms with Crippen LogP contribution < -0.4 is 5.73 Å². The van der Waals surface area contributed by atoms with E-state index >= 15 is 0 Å². The SMILES string of the molecule is Cc1sc2nc(N)nn2c1C1CCOCC1. The van der Waals surface area contributed by atoms with E-state index in [0.717, 1.165) is 31.0 Å². The first-order valence-corrected chi connectivity index (χ1v) is 6.26. The van der Waals surface area contributed by atoms with Crippen LogP contribution in [0.25, 0.3) is 4.96 Å². The van der Waals surface area contributed by atoms with Gasteiger partial charge in [-0.15, -0.1) is 5.10 Å². The van der Waals surface area contributed by atoms with E-state index in [0.29, 0.717) is 11.9 Å². The Labute approximate surface area is 97.2 Å². The third kappa shape index (κ3) is 1.49. The predicted molar refractivity (Wildman–Crippen MR) is 62.8 cm³/mol. The van der Waals surface area contributed by atoms with Crippen molar-refractivity contribution in [1.29, 1.82) is 0 Å². The minimum Gasteiger partial charge on any atom is -0.381 e. The summed E-state index contributed by atoms with van der Waals surface area (Å²) in [5.41, 5.74) is 6.89. The number of rotatable bonds is 1. The molecule has 1 aliphatic heterocycles. The Kier molecular flexibility index (Phi) is 2.33. The number of hydrogen-bond donors (Lipinski definition) is 1. The summed E-state index contributed by atoms with van der Waals surface area (Å²) >= 11 is 1.66. The van der Waals surface area contributed by atoms with Crippen LogP contribution in [0.3, 0.4) is 0 Å². The van der Waals surface area contributed by atoms with E-state index in [1.165, 1.54) is 10.6 Å². The van der Waals surface area contributed by atoms with E-state index < -0.39 is 0 Å². The highest BCUT2D eigenvalue weighted by Gasteiger charge is 2.23. The fourth-order valence-corrected chi connectivity index (χ4v) is 3.30. The number of aromatic nitrogens is 3. The van der Waals surface area contributed by atoms with Gasteiger partial charge in [0.2, 0.25) is 10.9 Å². The zero-order chi connectivity index (χ0) is 11.1. The Bertz CT molecular complexity index is 512. The van der Waals surface area contributed by atoms with Crippen molar-refractivity contribution in [2.75, 3.05) is 18.9 Å². The van der Waals surface area contributed by atoms with Crippen molar-refractivity contribution in [2.45, 2.75) is 25.7 Å². The molecule has 0 amide bonds. The summed E-state index contributed by atoms with van der Waals surface area (Å²) in [5, 5.41) is 4.26. The first-order chi connectivity index (χ1) is 7.75. The maximum atomic E-state index is 5.62. The molecule has 0 unspecified atom stereocenters. The lowest BCUT2D eigenvalue weighted by molar-refractivity contribution is 0.0841. The number of nitrogen functional groups attached to an aromatic ring is 1. The first kappa shape index (κ1) is 10.0. The van der Waals surface area contributed by atoms with Crippen LogP contribution in [0.1, 0.15) is 29.3 Å². The van der Waals surface area contributed by atoms with Crippen LogP contribution in [0.15, 0.2) is 0 Å². The lowest BCUT2D eigenvalue weighted by atomic mass is 9.96. The van der Waals surface area contributed by atoms with Gasteiger partial charge in [0, 0.05) is 24.0 Å². The molecule has 3 heterocycles. The van der Waals surface area contributed by atoms with Crippen molar-refractivity contribution in [1.82, 2.24) is 14.6 Å². The second kappa shape index (κ2) is 3.71. The molecule has 3 rings (SSSR count). The van der Waals surface area contributed by atoms with Crippen molar-refractivity contribution < 1.29 is 4.74 Å². The fraction of sp³-hybridized carbons (Fsp3) is 0.600. The third-order valence-electron chi connectivity index (χ3n) is 3.04. The van der Waals surface area contributed by atoms with Gasteiger partial charge in [0.05, 0.1) is 5.69 Å². The number of hydrogen-bond acceptors (Lipinski definition) is 5. The zero-order valence-corrected chi connectivity index (χ0v) is 9.96. The number of nitrogens with zero attached hydrogens (tertiary/aromatic N) is 3. The number of thiazole rings is 1. The second-order valence-electron chi connectivity index (χ2n) is 4.09. The van der Waals surface area contributed by atoms with Crippen LogP contribution in [0, 0.1) is 6.92 Å². The number of nitrogens with two attached hydrogens (primary N) is 1. The van der Waals surface area contributed by atoms with Crippen molar-refractivity contribution >= 4 is 22.2 Å². The molecule has 0 aromatic carbocycles. The topological polar surface area (TPSA) is 65.4 Å². The van der Waals surface area contributed by atoms with E-state index in [-0.39, 0.29) is 0 Å². The van der Waals surface area contributed by atoms with Gasteiger partial charge in [-0.25, -0.2) is 4.52 Å². The monoisotopic (exact) mass is 238 g/mol. The Hall–Kier alpha value is -1.14. The lowest BCUT2D eigenvalue weighted by Crippen LogP contribution is -2.16. The van der Waals surface area contributed by atoms with Crippen LogP contribution in [0.5, 0.6) is 0 Å². The number of ether oxygens (including phenoxy) is 1. The molecule has 0 aliphatic carbocycles. The standard InChI is InChI=1S/C10H14N4OS/c1-6-8(7-2-4-15-5-3-7)14-10(16-6)12-9(11)13-14/h7H,2-5H2,1H3,(H2,11,13). The number of aryl methyl sites for hydroxylation is 1. The summed E-state index contributed by atoms with van der Waals surface area (Å²) in [5.74, 6) is 0.892. The van der Waals surface area contributed by atoms with Gasteiger partial charge in [0.1, 0.15) is 0 Å². The summed E-state index contributed by atoms with van der Waals surface area (Å²) in [6, 6.07) is 0. The van der Waals surface area contributed by atoms with Crippen molar-refractivity contribution in [3.63, 3.8) is 0 Å². The van der Waals surface area contributed by atoms with Gasteiger partial charge in [-0.3, -0.25) is 0 Å². The second-order valence-corrected chi connectivity index (χ2v) is 5.28. The number of anilines is 1. The maximum absolute atomic E-state index is 5.62. The predicted octanol–water partition coefficient (Wildman–Crippen LogP) is 1.58. The Balaban J connectivity index is 2.09. The van der Waals surface area contributed by atoms with Crippen LogP contribution in [-0.2, 0) is 4.74 Å². The molecule has 5 nitrogen and oxygen atoms in total.